The van der Waals surface area contributed by atoms with E-state index in [1.54, 1.807) is 0 Å². The van der Waals surface area contributed by atoms with Gasteiger partial charge in [-0.1, -0.05) is 6.42 Å². The molecule has 1 saturated carbocycles. The van der Waals surface area contributed by atoms with Crippen LogP contribution in [0.25, 0.3) is 0 Å². The van der Waals surface area contributed by atoms with Crippen LogP contribution in [0.3, 0.4) is 0 Å². The third kappa shape index (κ3) is 3.31. The number of ether oxygens (including phenoxy) is 3. The van der Waals surface area contributed by atoms with Crippen molar-refractivity contribution in [3.63, 3.8) is 0 Å². The minimum Gasteiger partial charge on any atom is -0.378 e. The van der Waals surface area contributed by atoms with E-state index in [0.717, 1.165) is 45.3 Å². The van der Waals surface area contributed by atoms with Gasteiger partial charge in [0, 0.05) is 19.1 Å². The standard InChI is InChI=1S/C17H29NO4/c1-13(2)21-11-14-5-3-7-17(14)12-18(8-10-22-17)16(19)15-6-4-9-20-15/h13-15H,3-12H2,1-2H3/t14-,15+,17+/m1/s1. The van der Waals surface area contributed by atoms with Gasteiger partial charge in [-0.25, -0.2) is 0 Å². The largest absolute Gasteiger partial charge is 0.378 e. The number of carbonyl (C=O) groups is 1. The van der Waals surface area contributed by atoms with Gasteiger partial charge in [0.05, 0.1) is 31.5 Å². The number of carbonyl (C=O) groups excluding carboxylic acids is 1. The summed E-state index contributed by atoms with van der Waals surface area (Å²) in [7, 11) is 0. The smallest absolute Gasteiger partial charge is 0.251 e. The van der Waals surface area contributed by atoms with E-state index in [2.05, 4.69) is 13.8 Å². The Hall–Kier alpha value is -0.650. The molecule has 5 nitrogen and oxygen atoms in total. The van der Waals surface area contributed by atoms with Crippen molar-refractivity contribution in [1.82, 2.24) is 4.90 Å². The van der Waals surface area contributed by atoms with Gasteiger partial charge in [0.1, 0.15) is 6.10 Å². The van der Waals surface area contributed by atoms with E-state index in [1.807, 2.05) is 4.90 Å². The lowest BCUT2D eigenvalue weighted by Gasteiger charge is -2.44. The molecule has 0 bridgehead atoms. The van der Waals surface area contributed by atoms with Crippen molar-refractivity contribution >= 4 is 5.91 Å². The molecule has 5 heteroatoms. The van der Waals surface area contributed by atoms with E-state index in [9.17, 15) is 4.79 Å². The summed E-state index contributed by atoms with van der Waals surface area (Å²) >= 11 is 0. The van der Waals surface area contributed by atoms with E-state index in [1.165, 1.54) is 0 Å². The molecule has 2 heterocycles. The molecule has 0 aromatic carbocycles. The van der Waals surface area contributed by atoms with E-state index in [4.69, 9.17) is 14.2 Å². The summed E-state index contributed by atoms with van der Waals surface area (Å²) in [5, 5.41) is 0. The van der Waals surface area contributed by atoms with Gasteiger partial charge in [-0.2, -0.15) is 0 Å². The van der Waals surface area contributed by atoms with Gasteiger partial charge in [-0.05, 0) is 39.5 Å². The SMILES string of the molecule is CC(C)OC[C@H]1CCC[C@]12CN(C(=O)[C@@H]1CCCO1)CCO2. The van der Waals surface area contributed by atoms with Crippen LogP contribution < -0.4 is 0 Å². The second-order valence-corrected chi connectivity index (χ2v) is 7.15. The van der Waals surface area contributed by atoms with Crippen LogP contribution in [0.1, 0.15) is 46.0 Å². The number of morpholine rings is 1. The van der Waals surface area contributed by atoms with Gasteiger partial charge >= 0.3 is 0 Å². The van der Waals surface area contributed by atoms with Gasteiger partial charge in [0.2, 0.25) is 0 Å². The van der Waals surface area contributed by atoms with E-state index < -0.39 is 0 Å². The number of amides is 1. The molecule has 1 amide bonds. The quantitative estimate of drug-likeness (QED) is 0.796. The van der Waals surface area contributed by atoms with E-state index in [-0.39, 0.29) is 23.7 Å². The Morgan fingerprint density at radius 2 is 2.18 bits per heavy atom. The van der Waals surface area contributed by atoms with Crippen LogP contribution in [0.5, 0.6) is 0 Å². The summed E-state index contributed by atoms with van der Waals surface area (Å²) in [5.41, 5.74) is -0.193. The molecule has 0 aromatic heterocycles. The molecule has 0 N–H and O–H groups in total. The zero-order valence-corrected chi connectivity index (χ0v) is 13.9. The maximum Gasteiger partial charge on any atom is 0.251 e. The summed E-state index contributed by atoms with van der Waals surface area (Å²) in [6, 6.07) is 0. The lowest BCUT2D eigenvalue weighted by atomic mass is 9.89. The molecule has 2 saturated heterocycles. The average molecular weight is 311 g/mol. The molecule has 0 aromatic rings. The zero-order chi connectivity index (χ0) is 15.6. The number of hydrogen-bond acceptors (Lipinski definition) is 4. The first kappa shape index (κ1) is 16.2. The van der Waals surface area contributed by atoms with Gasteiger partial charge in [0.15, 0.2) is 0 Å². The summed E-state index contributed by atoms with van der Waals surface area (Å²) in [4.78, 5) is 14.6. The molecular weight excluding hydrogens is 282 g/mol. The molecule has 3 fully saturated rings. The second kappa shape index (κ2) is 6.85. The first-order chi connectivity index (χ1) is 10.6. The molecule has 1 aliphatic carbocycles. The van der Waals surface area contributed by atoms with Crippen molar-refractivity contribution in [2.45, 2.75) is 63.8 Å². The normalized spacial score (nSPS) is 35.7. The molecule has 3 aliphatic rings. The van der Waals surface area contributed by atoms with Crippen LogP contribution in [0.4, 0.5) is 0 Å². The highest BCUT2D eigenvalue weighted by Crippen LogP contribution is 2.41. The fourth-order valence-corrected chi connectivity index (χ4v) is 4.03. The number of nitrogens with zero attached hydrogens (tertiary/aromatic N) is 1. The minimum atomic E-state index is -0.220. The summed E-state index contributed by atoms with van der Waals surface area (Å²) < 4.78 is 17.6. The van der Waals surface area contributed by atoms with Crippen LogP contribution in [0.2, 0.25) is 0 Å². The Morgan fingerprint density at radius 3 is 2.91 bits per heavy atom. The molecule has 3 rings (SSSR count). The number of rotatable bonds is 4. The maximum atomic E-state index is 12.6. The Labute approximate surface area is 133 Å². The third-order valence-corrected chi connectivity index (χ3v) is 5.25. The molecule has 22 heavy (non-hydrogen) atoms. The van der Waals surface area contributed by atoms with Gasteiger partial charge in [-0.3, -0.25) is 4.79 Å². The van der Waals surface area contributed by atoms with E-state index >= 15 is 0 Å². The second-order valence-electron chi connectivity index (χ2n) is 7.15. The lowest BCUT2D eigenvalue weighted by Crippen LogP contribution is -2.57. The Bertz CT molecular complexity index is 394. The van der Waals surface area contributed by atoms with Gasteiger partial charge in [-0.15, -0.1) is 0 Å². The molecule has 126 valence electrons. The Balaban J connectivity index is 1.64. The van der Waals surface area contributed by atoms with Crippen LogP contribution in [-0.4, -0.2) is 61.5 Å². The Morgan fingerprint density at radius 1 is 1.32 bits per heavy atom. The Kier molecular flexibility index (Phi) is 5.05. The minimum absolute atomic E-state index is 0.163. The average Bonchev–Trinajstić information content (AvgIpc) is 3.15. The summed E-state index contributed by atoms with van der Waals surface area (Å²) in [5.74, 6) is 0.561. The van der Waals surface area contributed by atoms with Gasteiger partial charge < -0.3 is 19.1 Å². The number of hydrogen-bond donors (Lipinski definition) is 0. The van der Waals surface area contributed by atoms with Crippen molar-refractivity contribution in [3.8, 4) is 0 Å². The summed E-state index contributed by atoms with van der Waals surface area (Å²) in [6.07, 6.45) is 5.21. The van der Waals surface area contributed by atoms with E-state index in [0.29, 0.717) is 25.6 Å². The zero-order valence-electron chi connectivity index (χ0n) is 13.9. The summed E-state index contributed by atoms with van der Waals surface area (Å²) in [6.45, 7) is 7.62. The van der Waals surface area contributed by atoms with Crippen LogP contribution >= 0.6 is 0 Å². The molecule has 0 radical (unpaired) electrons. The first-order valence-corrected chi connectivity index (χ1v) is 8.77. The molecular formula is C17H29NO4. The molecule has 2 aliphatic heterocycles. The fourth-order valence-electron chi connectivity index (χ4n) is 4.03. The van der Waals surface area contributed by atoms with Crippen LogP contribution in [0.15, 0.2) is 0 Å². The van der Waals surface area contributed by atoms with Crippen molar-refractivity contribution in [2.75, 3.05) is 32.9 Å². The van der Waals surface area contributed by atoms with Crippen molar-refractivity contribution in [3.05, 3.63) is 0 Å². The predicted molar refractivity (Wildman–Crippen MR) is 82.7 cm³/mol. The fraction of sp³-hybridized carbons (Fsp3) is 0.941. The van der Waals surface area contributed by atoms with Crippen molar-refractivity contribution in [1.29, 1.82) is 0 Å². The molecule has 0 unspecified atom stereocenters. The molecule has 1 spiro atoms. The highest BCUT2D eigenvalue weighted by Gasteiger charge is 2.48. The molecule has 3 atom stereocenters. The predicted octanol–water partition coefficient (Wildman–Crippen LogP) is 1.99. The topological polar surface area (TPSA) is 48.0 Å². The highest BCUT2D eigenvalue weighted by atomic mass is 16.5. The van der Waals surface area contributed by atoms with Crippen molar-refractivity contribution in [2.24, 2.45) is 5.92 Å². The maximum absolute atomic E-state index is 12.6. The van der Waals surface area contributed by atoms with Crippen LogP contribution in [0, 0.1) is 5.92 Å². The van der Waals surface area contributed by atoms with Crippen LogP contribution in [-0.2, 0) is 19.0 Å². The third-order valence-electron chi connectivity index (χ3n) is 5.25. The first-order valence-electron chi connectivity index (χ1n) is 8.77. The monoisotopic (exact) mass is 311 g/mol. The highest BCUT2D eigenvalue weighted by molar-refractivity contribution is 5.81. The van der Waals surface area contributed by atoms with Gasteiger partial charge in [0.25, 0.3) is 5.91 Å². The van der Waals surface area contributed by atoms with Crippen molar-refractivity contribution < 1.29 is 19.0 Å². The lowest BCUT2D eigenvalue weighted by molar-refractivity contribution is -0.169.